The smallest absolute Gasteiger partial charge is 0.232 e. The van der Waals surface area contributed by atoms with Gasteiger partial charge >= 0.3 is 0 Å². The lowest BCUT2D eigenvalue weighted by molar-refractivity contribution is 0.260. The fraction of sp³-hybridized carbons (Fsp3) is 0.636. The summed E-state index contributed by atoms with van der Waals surface area (Å²) in [5.41, 5.74) is 0.939. The largest absolute Gasteiger partial charge is 0.476 e. The van der Waals surface area contributed by atoms with Crippen LogP contribution in [0.1, 0.15) is 26.5 Å². The summed E-state index contributed by atoms with van der Waals surface area (Å²) in [7, 11) is 0. The Morgan fingerprint density at radius 3 is 2.67 bits per heavy atom. The summed E-state index contributed by atoms with van der Waals surface area (Å²) >= 11 is 0. The van der Waals surface area contributed by atoms with E-state index in [1.54, 1.807) is 12.4 Å². The van der Waals surface area contributed by atoms with Crippen molar-refractivity contribution in [2.24, 2.45) is 5.92 Å². The summed E-state index contributed by atoms with van der Waals surface area (Å²) in [6.45, 7) is 8.65. The molecule has 0 atom stereocenters. The van der Waals surface area contributed by atoms with Gasteiger partial charge in [-0.05, 0) is 12.5 Å². The highest BCUT2D eigenvalue weighted by atomic mass is 16.5. The minimum atomic E-state index is 0.508. The molecule has 0 saturated heterocycles. The predicted molar refractivity (Wildman–Crippen MR) is 59.7 cm³/mol. The minimum Gasteiger partial charge on any atom is -0.476 e. The third kappa shape index (κ3) is 4.74. The van der Waals surface area contributed by atoms with Gasteiger partial charge in [0.1, 0.15) is 0 Å². The average Bonchev–Trinajstić information content (AvgIpc) is 2.25. The Labute approximate surface area is 91.1 Å². The number of hydrogen-bond donors (Lipinski definition) is 1. The molecule has 0 unspecified atom stereocenters. The number of aromatic nitrogens is 2. The first-order chi connectivity index (χ1) is 7.22. The van der Waals surface area contributed by atoms with Crippen molar-refractivity contribution in [2.75, 3.05) is 13.2 Å². The summed E-state index contributed by atoms with van der Waals surface area (Å²) in [5.74, 6) is 1.11. The Morgan fingerprint density at radius 2 is 2.13 bits per heavy atom. The molecule has 0 spiro atoms. The molecule has 0 radical (unpaired) electrons. The van der Waals surface area contributed by atoms with Gasteiger partial charge in [-0.2, -0.15) is 0 Å². The summed E-state index contributed by atoms with van der Waals surface area (Å²) in [4.78, 5) is 8.42. The molecule has 1 aromatic rings. The molecule has 1 heterocycles. The molecule has 0 aliphatic rings. The van der Waals surface area contributed by atoms with Gasteiger partial charge in [-0.1, -0.05) is 20.8 Å². The molecule has 4 heteroatoms. The van der Waals surface area contributed by atoms with Gasteiger partial charge in [-0.3, -0.25) is 4.98 Å². The standard InChI is InChI=1S/C11H19N3O/c1-4-12-5-10-6-14-11(7-13-10)15-8-9(2)3/h6-7,9,12H,4-5,8H2,1-3H3. The van der Waals surface area contributed by atoms with Crippen molar-refractivity contribution in [1.29, 1.82) is 0 Å². The van der Waals surface area contributed by atoms with Gasteiger partial charge in [0.15, 0.2) is 0 Å². The van der Waals surface area contributed by atoms with Crippen LogP contribution >= 0.6 is 0 Å². The van der Waals surface area contributed by atoms with Crippen molar-refractivity contribution >= 4 is 0 Å². The molecule has 15 heavy (non-hydrogen) atoms. The number of rotatable bonds is 6. The van der Waals surface area contributed by atoms with Crippen molar-refractivity contribution in [3.8, 4) is 5.88 Å². The second-order valence-corrected chi connectivity index (χ2v) is 3.83. The topological polar surface area (TPSA) is 47.0 Å². The highest BCUT2D eigenvalue weighted by molar-refractivity contribution is 5.07. The van der Waals surface area contributed by atoms with Crippen LogP contribution < -0.4 is 10.1 Å². The Bertz CT molecular complexity index is 272. The van der Waals surface area contributed by atoms with Gasteiger partial charge in [-0.25, -0.2) is 4.98 Å². The van der Waals surface area contributed by atoms with Gasteiger partial charge in [0.2, 0.25) is 5.88 Å². The first-order valence-corrected chi connectivity index (χ1v) is 5.36. The van der Waals surface area contributed by atoms with Crippen LogP contribution in [0, 0.1) is 5.92 Å². The van der Waals surface area contributed by atoms with E-state index in [9.17, 15) is 0 Å². The fourth-order valence-corrected chi connectivity index (χ4v) is 1.01. The minimum absolute atomic E-state index is 0.508. The van der Waals surface area contributed by atoms with E-state index in [0.717, 1.165) is 18.8 Å². The molecular weight excluding hydrogens is 190 g/mol. The van der Waals surface area contributed by atoms with Crippen LogP contribution in [-0.2, 0) is 6.54 Å². The third-order valence-corrected chi connectivity index (χ3v) is 1.80. The van der Waals surface area contributed by atoms with E-state index in [1.807, 2.05) is 0 Å². The van der Waals surface area contributed by atoms with Gasteiger partial charge < -0.3 is 10.1 Å². The molecule has 0 aliphatic heterocycles. The summed E-state index contributed by atoms with van der Waals surface area (Å²) in [5, 5.41) is 3.19. The van der Waals surface area contributed by atoms with Gasteiger partial charge in [-0.15, -0.1) is 0 Å². The zero-order valence-electron chi connectivity index (χ0n) is 9.66. The fourth-order valence-electron chi connectivity index (χ4n) is 1.01. The summed E-state index contributed by atoms with van der Waals surface area (Å²) in [6.07, 6.45) is 3.42. The van der Waals surface area contributed by atoms with Crippen LogP contribution in [0.25, 0.3) is 0 Å². The summed E-state index contributed by atoms with van der Waals surface area (Å²) in [6, 6.07) is 0. The second-order valence-electron chi connectivity index (χ2n) is 3.83. The first-order valence-electron chi connectivity index (χ1n) is 5.36. The van der Waals surface area contributed by atoms with E-state index in [-0.39, 0.29) is 0 Å². The van der Waals surface area contributed by atoms with Crippen LogP contribution in [-0.4, -0.2) is 23.1 Å². The molecule has 1 aromatic heterocycles. The highest BCUT2D eigenvalue weighted by Crippen LogP contribution is 2.05. The molecule has 0 fully saturated rings. The highest BCUT2D eigenvalue weighted by Gasteiger charge is 1.99. The van der Waals surface area contributed by atoms with Gasteiger partial charge in [0.25, 0.3) is 0 Å². The van der Waals surface area contributed by atoms with Crippen LogP contribution in [0.3, 0.4) is 0 Å². The van der Waals surface area contributed by atoms with Crippen LogP contribution in [0.5, 0.6) is 5.88 Å². The number of nitrogens with zero attached hydrogens (tertiary/aromatic N) is 2. The van der Waals surface area contributed by atoms with E-state index < -0.39 is 0 Å². The quantitative estimate of drug-likeness (QED) is 0.773. The zero-order valence-corrected chi connectivity index (χ0v) is 9.66. The van der Waals surface area contributed by atoms with E-state index in [0.29, 0.717) is 18.4 Å². The predicted octanol–water partition coefficient (Wildman–Crippen LogP) is 1.62. The lowest BCUT2D eigenvalue weighted by Gasteiger charge is -2.07. The van der Waals surface area contributed by atoms with E-state index in [4.69, 9.17) is 4.74 Å². The zero-order chi connectivity index (χ0) is 11.1. The Morgan fingerprint density at radius 1 is 1.33 bits per heavy atom. The maximum atomic E-state index is 5.43. The lowest BCUT2D eigenvalue weighted by atomic mass is 10.2. The molecule has 4 nitrogen and oxygen atoms in total. The molecule has 0 bridgehead atoms. The first kappa shape index (κ1) is 11.9. The molecule has 1 rings (SSSR count). The van der Waals surface area contributed by atoms with Crippen LogP contribution in [0.15, 0.2) is 12.4 Å². The number of ether oxygens (including phenoxy) is 1. The molecule has 0 aliphatic carbocycles. The molecular formula is C11H19N3O. The van der Waals surface area contributed by atoms with Crippen LogP contribution in [0.2, 0.25) is 0 Å². The molecule has 1 N–H and O–H groups in total. The lowest BCUT2D eigenvalue weighted by Crippen LogP contribution is -2.13. The van der Waals surface area contributed by atoms with Gasteiger partial charge in [0.05, 0.1) is 24.7 Å². The van der Waals surface area contributed by atoms with Gasteiger partial charge in [0, 0.05) is 6.54 Å². The van der Waals surface area contributed by atoms with Crippen molar-refractivity contribution in [3.63, 3.8) is 0 Å². The Kier molecular flexibility index (Phi) is 5.04. The molecule has 0 aromatic carbocycles. The molecule has 84 valence electrons. The van der Waals surface area contributed by atoms with Crippen molar-refractivity contribution in [2.45, 2.75) is 27.3 Å². The van der Waals surface area contributed by atoms with Crippen molar-refractivity contribution in [3.05, 3.63) is 18.1 Å². The van der Waals surface area contributed by atoms with E-state index in [2.05, 4.69) is 36.1 Å². The normalized spacial score (nSPS) is 10.7. The molecule has 0 saturated carbocycles. The summed E-state index contributed by atoms with van der Waals surface area (Å²) < 4.78 is 5.43. The maximum absolute atomic E-state index is 5.43. The Hall–Kier alpha value is -1.16. The third-order valence-electron chi connectivity index (χ3n) is 1.80. The monoisotopic (exact) mass is 209 g/mol. The number of nitrogens with one attached hydrogen (secondary N) is 1. The van der Waals surface area contributed by atoms with Crippen molar-refractivity contribution < 1.29 is 4.74 Å². The average molecular weight is 209 g/mol. The Balaban J connectivity index is 2.41. The van der Waals surface area contributed by atoms with Crippen LogP contribution in [0.4, 0.5) is 0 Å². The SMILES string of the molecule is CCNCc1cnc(OCC(C)C)cn1. The van der Waals surface area contributed by atoms with E-state index in [1.165, 1.54) is 0 Å². The molecule has 0 amide bonds. The maximum Gasteiger partial charge on any atom is 0.232 e. The number of hydrogen-bond acceptors (Lipinski definition) is 4. The van der Waals surface area contributed by atoms with E-state index >= 15 is 0 Å². The second kappa shape index (κ2) is 6.35. The van der Waals surface area contributed by atoms with Crippen molar-refractivity contribution in [1.82, 2.24) is 15.3 Å².